The van der Waals surface area contributed by atoms with E-state index in [9.17, 15) is 0 Å². The van der Waals surface area contributed by atoms with E-state index in [0.717, 1.165) is 36.9 Å². The quantitative estimate of drug-likeness (QED) is 0.545. The SMILES string of the molecule is C.Cc1ncc(Br)c2cccnc12.Cc1ncc(Br)cc1N. The van der Waals surface area contributed by atoms with Gasteiger partial charge in [-0.1, -0.05) is 13.5 Å². The van der Waals surface area contributed by atoms with Gasteiger partial charge in [0, 0.05) is 32.9 Å². The second kappa shape index (κ2) is 8.19. The van der Waals surface area contributed by atoms with Crippen LogP contribution in [0.2, 0.25) is 0 Å². The van der Waals surface area contributed by atoms with E-state index in [0.29, 0.717) is 0 Å². The van der Waals surface area contributed by atoms with Crippen molar-refractivity contribution in [2.45, 2.75) is 21.3 Å². The maximum absolute atomic E-state index is 5.53. The van der Waals surface area contributed by atoms with Crippen molar-refractivity contribution in [3.8, 4) is 0 Å². The van der Waals surface area contributed by atoms with Crippen LogP contribution in [0.25, 0.3) is 10.9 Å². The van der Waals surface area contributed by atoms with Gasteiger partial charge in [0.2, 0.25) is 0 Å². The van der Waals surface area contributed by atoms with Crippen LogP contribution in [0.15, 0.2) is 45.7 Å². The Kier molecular flexibility index (Phi) is 6.90. The molecule has 0 aliphatic rings. The number of aromatic nitrogens is 3. The lowest BCUT2D eigenvalue weighted by Gasteiger charge is -2.00. The number of nitrogen functional groups attached to an aromatic ring is 1. The highest BCUT2D eigenvalue weighted by Crippen LogP contribution is 2.22. The smallest absolute Gasteiger partial charge is 0.0925 e. The summed E-state index contributed by atoms with van der Waals surface area (Å²) in [6.45, 7) is 3.84. The standard InChI is InChI=1S/C9H7BrN2.C6H7BrN2.CH4/c1-6-9-7(3-2-4-11-9)8(10)5-12-6;1-4-6(8)2-5(7)3-9-4;/h2-5H,1H3;2-3H,8H2,1H3;1H4. The van der Waals surface area contributed by atoms with Gasteiger partial charge in [0.05, 0.1) is 22.6 Å². The monoisotopic (exact) mass is 424 g/mol. The maximum Gasteiger partial charge on any atom is 0.0925 e. The highest BCUT2D eigenvalue weighted by Gasteiger charge is 2.01. The van der Waals surface area contributed by atoms with Crippen LogP contribution in [-0.2, 0) is 0 Å². The molecule has 0 spiro atoms. The van der Waals surface area contributed by atoms with Crippen LogP contribution in [0.3, 0.4) is 0 Å². The van der Waals surface area contributed by atoms with E-state index < -0.39 is 0 Å². The van der Waals surface area contributed by atoms with Crippen LogP contribution in [0, 0.1) is 13.8 Å². The van der Waals surface area contributed by atoms with Crippen molar-refractivity contribution in [3.05, 3.63) is 57.1 Å². The van der Waals surface area contributed by atoms with Crippen LogP contribution >= 0.6 is 31.9 Å². The Morgan fingerprint density at radius 2 is 1.68 bits per heavy atom. The summed E-state index contributed by atoms with van der Waals surface area (Å²) < 4.78 is 1.92. The summed E-state index contributed by atoms with van der Waals surface area (Å²) >= 11 is 6.68. The van der Waals surface area contributed by atoms with Crippen LogP contribution < -0.4 is 5.73 Å². The number of halogens is 2. The molecule has 6 heteroatoms. The molecule has 3 rings (SSSR count). The summed E-state index contributed by atoms with van der Waals surface area (Å²) in [5, 5.41) is 1.12. The van der Waals surface area contributed by atoms with Gasteiger partial charge < -0.3 is 5.73 Å². The zero-order valence-electron chi connectivity index (χ0n) is 11.6. The summed E-state index contributed by atoms with van der Waals surface area (Å²) in [6, 6.07) is 5.79. The average Bonchev–Trinajstić information content (AvgIpc) is 2.48. The van der Waals surface area contributed by atoms with Crippen molar-refractivity contribution in [1.82, 2.24) is 15.0 Å². The fourth-order valence-electron chi connectivity index (χ4n) is 1.69. The molecule has 3 heterocycles. The zero-order chi connectivity index (χ0) is 15.4. The molecule has 0 unspecified atom stereocenters. The number of anilines is 1. The Morgan fingerprint density at radius 1 is 1.00 bits per heavy atom. The predicted molar refractivity (Wildman–Crippen MR) is 99.8 cm³/mol. The van der Waals surface area contributed by atoms with Gasteiger partial charge in [-0.15, -0.1) is 0 Å². The number of pyridine rings is 3. The molecule has 0 atom stereocenters. The Labute approximate surface area is 147 Å². The molecule has 0 radical (unpaired) electrons. The fourth-order valence-corrected chi connectivity index (χ4v) is 2.47. The number of hydrogen-bond acceptors (Lipinski definition) is 4. The van der Waals surface area contributed by atoms with Gasteiger partial charge in [-0.3, -0.25) is 15.0 Å². The first-order valence-corrected chi connectivity index (χ1v) is 7.81. The van der Waals surface area contributed by atoms with Crippen molar-refractivity contribution in [1.29, 1.82) is 0 Å². The van der Waals surface area contributed by atoms with Gasteiger partial charge in [-0.2, -0.15) is 0 Å². The first-order chi connectivity index (χ1) is 9.99. The molecule has 2 N–H and O–H groups in total. The summed E-state index contributed by atoms with van der Waals surface area (Å²) in [5.41, 5.74) is 9.06. The van der Waals surface area contributed by atoms with E-state index in [4.69, 9.17) is 5.73 Å². The van der Waals surface area contributed by atoms with Gasteiger partial charge in [0.25, 0.3) is 0 Å². The third kappa shape index (κ3) is 4.48. The van der Waals surface area contributed by atoms with Gasteiger partial charge in [0.1, 0.15) is 0 Å². The van der Waals surface area contributed by atoms with E-state index in [-0.39, 0.29) is 7.43 Å². The van der Waals surface area contributed by atoms with E-state index in [1.807, 2.05) is 32.0 Å². The molecule has 116 valence electrons. The molecule has 3 aromatic rings. The summed E-state index contributed by atoms with van der Waals surface area (Å²) in [5.74, 6) is 0. The molecule has 0 aliphatic carbocycles. The predicted octanol–water partition coefficient (Wildman–Crippen LogP) is 5.07. The topological polar surface area (TPSA) is 64.7 Å². The van der Waals surface area contributed by atoms with Gasteiger partial charge in [-0.05, 0) is 57.8 Å². The molecule has 4 nitrogen and oxygen atoms in total. The summed E-state index contributed by atoms with van der Waals surface area (Å²) in [7, 11) is 0. The molecule has 0 bridgehead atoms. The lowest BCUT2D eigenvalue weighted by Crippen LogP contribution is -1.91. The number of hydrogen-bond donors (Lipinski definition) is 1. The van der Waals surface area contributed by atoms with Gasteiger partial charge in [0.15, 0.2) is 0 Å². The number of rotatable bonds is 0. The Hall–Kier alpha value is -1.53. The molecule has 0 aliphatic heterocycles. The van der Waals surface area contributed by atoms with Crippen molar-refractivity contribution >= 4 is 48.5 Å². The van der Waals surface area contributed by atoms with Crippen LogP contribution in [-0.4, -0.2) is 15.0 Å². The number of fused-ring (bicyclic) bond motifs is 1. The van der Waals surface area contributed by atoms with Crippen molar-refractivity contribution in [2.24, 2.45) is 0 Å². The Balaban J connectivity index is 0.000000219. The van der Waals surface area contributed by atoms with Crippen molar-refractivity contribution in [3.63, 3.8) is 0 Å². The lowest BCUT2D eigenvalue weighted by molar-refractivity contribution is 1.20. The normalized spacial score (nSPS) is 9.64. The molecule has 22 heavy (non-hydrogen) atoms. The third-order valence-corrected chi connectivity index (χ3v) is 3.94. The van der Waals surface area contributed by atoms with Crippen molar-refractivity contribution < 1.29 is 0 Å². The second-order valence-electron chi connectivity index (χ2n) is 4.42. The van der Waals surface area contributed by atoms with Crippen LogP contribution in [0.4, 0.5) is 5.69 Å². The lowest BCUT2D eigenvalue weighted by atomic mass is 10.2. The van der Waals surface area contributed by atoms with Gasteiger partial charge >= 0.3 is 0 Å². The highest BCUT2D eigenvalue weighted by atomic mass is 79.9. The zero-order valence-corrected chi connectivity index (χ0v) is 14.8. The van der Waals surface area contributed by atoms with E-state index >= 15 is 0 Å². The van der Waals surface area contributed by atoms with Crippen LogP contribution in [0.5, 0.6) is 0 Å². The summed E-state index contributed by atoms with van der Waals surface area (Å²) in [4.78, 5) is 12.5. The first kappa shape index (κ1) is 18.5. The molecular formula is C16H18Br2N4. The first-order valence-electron chi connectivity index (χ1n) is 6.22. The fraction of sp³-hybridized carbons (Fsp3) is 0.188. The molecule has 0 saturated heterocycles. The van der Waals surface area contributed by atoms with E-state index in [1.54, 1.807) is 18.6 Å². The minimum Gasteiger partial charge on any atom is -0.397 e. The molecular weight excluding hydrogens is 408 g/mol. The number of nitrogens with zero attached hydrogens (tertiary/aromatic N) is 3. The minimum atomic E-state index is 0. The average molecular weight is 426 g/mol. The minimum absolute atomic E-state index is 0. The summed E-state index contributed by atoms with van der Waals surface area (Å²) in [6.07, 6.45) is 5.31. The Bertz CT molecular complexity index is 735. The molecule has 0 amide bonds. The molecule has 3 aromatic heterocycles. The molecule has 0 fully saturated rings. The second-order valence-corrected chi connectivity index (χ2v) is 6.19. The number of nitrogens with two attached hydrogens (primary N) is 1. The maximum atomic E-state index is 5.53. The molecule has 0 saturated carbocycles. The van der Waals surface area contributed by atoms with E-state index in [2.05, 4.69) is 46.8 Å². The van der Waals surface area contributed by atoms with Gasteiger partial charge in [-0.25, -0.2) is 0 Å². The molecule has 0 aromatic carbocycles. The number of aryl methyl sites for hydroxylation is 2. The van der Waals surface area contributed by atoms with Crippen LogP contribution in [0.1, 0.15) is 18.8 Å². The highest BCUT2D eigenvalue weighted by molar-refractivity contribution is 9.11. The Morgan fingerprint density at radius 3 is 2.27 bits per heavy atom. The van der Waals surface area contributed by atoms with Crippen molar-refractivity contribution in [2.75, 3.05) is 5.73 Å². The van der Waals surface area contributed by atoms with E-state index in [1.165, 1.54) is 0 Å². The third-order valence-electron chi connectivity index (χ3n) is 2.87. The largest absolute Gasteiger partial charge is 0.397 e.